The highest BCUT2D eigenvalue weighted by Gasteiger charge is 2.40. The number of nitrogens with zero attached hydrogens (tertiary/aromatic N) is 2. The number of aliphatic imine (C=N–C) groups is 1. The van der Waals surface area contributed by atoms with Crippen LogP contribution in [0.15, 0.2) is 69.8 Å². The molecular formula is C28H31ClN4O2S. The lowest BCUT2D eigenvalue weighted by molar-refractivity contribution is -0.121. The van der Waals surface area contributed by atoms with E-state index in [2.05, 4.69) is 10.6 Å². The third-order valence-electron chi connectivity index (χ3n) is 6.42. The highest BCUT2D eigenvalue weighted by atomic mass is 35.5. The molecule has 0 aromatic heterocycles. The predicted octanol–water partition coefficient (Wildman–Crippen LogP) is 6.48. The molecular weight excluding hydrogens is 492 g/mol. The van der Waals surface area contributed by atoms with Gasteiger partial charge in [0.15, 0.2) is 5.17 Å². The van der Waals surface area contributed by atoms with E-state index in [1.165, 1.54) is 11.8 Å². The number of carbonyl (C=O) groups excluding carboxylic acids is 2. The Balaban J connectivity index is 1.71. The van der Waals surface area contributed by atoms with E-state index in [4.69, 9.17) is 16.6 Å². The van der Waals surface area contributed by atoms with Gasteiger partial charge in [0.1, 0.15) is 0 Å². The van der Waals surface area contributed by atoms with Crippen molar-refractivity contribution in [3.8, 4) is 0 Å². The number of aryl methyl sites for hydroxylation is 2. The minimum absolute atomic E-state index is 0.0557. The normalized spacial score (nSPS) is 17.8. The van der Waals surface area contributed by atoms with E-state index in [-0.39, 0.29) is 24.3 Å². The summed E-state index contributed by atoms with van der Waals surface area (Å²) in [6.45, 7) is 9.89. The summed E-state index contributed by atoms with van der Waals surface area (Å²) in [5.74, 6) is -0.276. The van der Waals surface area contributed by atoms with Crippen molar-refractivity contribution in [2.45, 2.75) is 59.5 Å². The van der Waals surface area contributed by atoms with Gasteiger partial charge in [0.2, 0.25) is 5.91 Å². The molecule has 2 aromatic carbocycles. The second-order valence-electron chi connectivity index (χ2n) is 9.27. The van der Waals surface area contributed by atoms with Crippen LogP contribution in [0.5, 0.6) is 0 Å². The van der Waals surface area contributed by atoms with Gasteiger partial charge in [-0.1, -0.05) is 60.1 Å². The number of fused-ring (bicyclic) bond motifs is 1. The number of carbonyl (C=O) groups is 2. The first-order valence-corrected chi connectivity index (χ1v) is 13.3. The minimum Gasteiger partial charge on any atom is -0.353 e. The van der Waals surface area contributed by atoms with Crippen molar-refractivity contribution in [1.82, 2.24) is 10.2 Å². The van der Waals surface area contributed by atoms with Crippen LogP contribution in [0.4, 0.5) is 5.69 Å². The molecule has 2 atom stereocenters. The zero-order chi connectivity index (χ0) is 26.0. The standard InChI is InChI=1S/C28H31ClN4O2S/c1-6-18(4)30-24(34)14-22-15-36-28-31-19(5)25(26(33(22)28)20-8-10-21(29)11-9-20)27(35)32-23-12-7-16(2)13-17(23)3/h7-13,15,18,26H,6,14H2,1-5H3,(H,30,34)(H,32,35)/t18-,26-/m1/s1. The maximum atomic E-state index is 13.8. The molecule has 2 aromatic rings. The molecule has 2 aliphatic rings. The first-order valence-electron chi connectivity index (χ1n) is 12.1. The summed E-state index contributed by atoms with van der Waals surface area (Å²) in [5, 5.41) is 9.45. The lowest BCUT2D eigenvalue weighted by Crippen LogP contribution is -2.39. The van der Waals surface area contributed by atoms with Crippen LogP contribution in [0, 0.1) is 13.8 Å². The molecule has 0 saturated heterocycles. The summed E-state index contributed by atoms with van der Waals surface area (Å²) < 4.78 is 0. The smallest absolute Gasteiger partial charge is 0.255 e. The second-order valence-corrected chi connectivity index (χ2v) is 10.5. The molecule has 0 saturated carbocycles. The fourth-order valence-electron chi connectivity index (χ4n) is 4.36. The minimum atomic E-state index is -0.446. The topological polar surface area (TPSA) is 73.8 Å². The third-order valence-corrected chi connectivity index (χ3v) is 7.56. The van der Waals surface area contributed by atoms with E-state index in [9.17, 15) is 9.59 Å². The van der Waals surface area contributed by atoms with Gasteiger partial charge < -0.3 is 15.5 Å². The number of amidine groups is 1. The molecule has 2 amide bonds. The number of benzene rings is 2. The summed E-state index contributed by atoms with van der Waals surface area (Å²) in [7, 11) is 0. The number of anilines is 1. The van der Waals surface area contributed by atoms with Gasteiger partial charge in [-0.05, 0) is 68.8 Å². The first-order chi connectivity index (χ1) is 17.2. The fourth-order valence-corrected chi connectivity index (χ4v) is 5.45. The Hall–Kier alpha value is -3.03. The Kier molecular flexibility index (Phi) is 7.91. The average molecular weight is 523 g/mol. The van der Waals surface area contributed by atoms with Gasteiger partial charge in [-0.15, -0.1) is 0 Å². The molecule has 0 fully saturated rings. The van der Waals surface area contributed by atoms with Crippen LogP contribution in [0.3, 0.4) is 0 Å². The number of halogens is 1. The number of hydrogen-bond acceptors (Lipinski definition) is 5. The Morgan fingerprint density at radius 1 is 1.14 bits per heavy atom. The van der Waals surface area contributed by atoms with Gasteiger partial charge in [0, 0.05) is 22.4 Å². The van der Waals surface area contributed by atoms with Gasteiger partial charge in [-0.2, -0.15) is 0 Å². The van der Waals surface area contributed by atoms with Crippen LogP contribution in [-0.4, -0.2) is 27.9 Å². The number of thioether (sulfide) groups is 1. The first kappa shape index (κ1) is 26.0. The monoisotopic (exact) mass is 522 g/mol. The van der Waals surface area contributed by atoms with Crippen molar-refractivity contribution >= 4 is 46.0 Å². The molecule has 0 unspecified atom stereocenters. The molecule has 2 heterocycles. The summed E-state index contributed by atoms with van der Waals surface area (Å²) in [6, 6.07) is 13.1. The van der Waals surface area contributed by atoms with Crippen LogP contribution in [-0.2, 0) is 9.59 Å². The number of allylic oxidation sites excluding steroid dienone is 1. The van der Waals surface area contributed by atoms with Crippen LogP contribution in [0.1, 0.15) is 56.3 Å². The van der Waals surface area contributed by atoms with Gasteiger partial charge in [-0.3, -0.25) is 9.59 Å². The largest absolute Gasteiger partial charge is 0.353 e. The maximum Gasteiger partial charge on any atom is 0.255 e. The molecule has 2 N–H and O–H groups in total. The van der Waals surface area contributed by atoms with Crippen molar-refractivity contribution < 1.29 is 9.59 Å². The van der Waals surface area contributed by atoms with Crippen LogP contribution >= 0.6 is 23.4 Å². The molecule has 0 bridgehead atoms. The maximum absolute atomic E-state index is 13.8. The number of nitrogens with one attached hydrogen (secondary N) is 2. The lowest BCUT2D eigenvalue weighted by atomic mass is 9.93. The van der Waals surface area contributed by atoms with E-state index in [1.54, 1.807) is 0 Å². The van der Waals surface area contributed by atoms with Crippen LogP contribution < -0.4 is 10.6 Å². The van der Waals surface area contributed by atoms with Gasteiger partial charge in [0.05, 0.1) is 23.7 Å². The molecule has 0 radical (unpaired) electrons. The Morgan fingerprint density at radius 2 is 1.86 bits per heavy atom. The number of amides is 2. The average Bonchev–Trinajstić information content (AvgIpc) is 3.22. The Bertz CT molecular complexity index is 1280. The van der Waals surface area contributed by atoms with Crippen LogP contribution in [0.25, 0.3) is 0 Å². The molecule has 0 spiro atoms. The predicted molar refractivity (Wildman–Crippen MR) is 149 cm³/mol. The Morgan fingerprint density at radius 3 is 2.53 bits per heavy atom. The number of hydrogen-bond donors (Lipinski definition) is 2. The third kappa shape index (κ3) is 5.52. The number of rotatable bonds is 7. The van der Waals surface area contributed by atoms with Crippen LogP contribution in [0.2, 0.25) is 5.02 Å². The van der Waals surface area contributed by atoms with E-state index in [0.717, 1.165) is 39.7 Å². The van der Waals surface area contributed by atoms with Crippen molar-refractivity contribution in [2.75, 3.05) is 5.32 Å². The fraction of sp³-hybridized carbons (Fsp3) is 0.321. The molecule has 188 valence electrons. The highest BCUT2D eigenvalue weighted by Crippen LogP contribution is 2.45. The lowest BCUT2D eigenvalue weighted by Gasteiger charge is -2.36. The quantitative estimate of drug-likeness (QED) is 0.436. The summed E-state index contributed by atoms with van der Waals surface area (Å²) >= 11 is 7.66. The molecule has 36 heavy (non-hydrogen) atoms. The van der Waals surface area contributed by atoms with Crippen molar-refractivity contribution in [1.29, 1.82) is 0 Å². The highest BCUT2D eigenvalue weighted by molar-refractivity contribution is 8.16. The molecule has 8 heteroatoms. The zero-order valence-corrected chi connectivity index (χ0v) is 22.8. The van der Waals surface area contributed by atoms with Crippen molar-refractivity contribution in [2.24, 2.45) is 4.99 Å². The van der Waals surface area contributed by atoms with Crippen molar-refractivity contribution in [3.63, 3.8) is 0 Å². The van der Waals surface area contributed by atoms with Gasteiger partial charge in [0.25, 0.3) is 5.91 Å². The van der Waals surface area contributed by atoms with E-state index < -0.39 is 6.04 Å². The van der Waals surface area contributed by atoms with Crippen molar-refractivity contribution in [3.05, 3.63) is 86.6 Å². The summed E-state index contributed by atoms with van der Waals surface area (Å²) in [6.07, 6.45) is 1.06. The Labute approximate surface area is 221 Å². The molecule has 2 aliphatic heterocycles. The zero-order valence-electron chi connectivity index (χ0n) is 21.2. The summed E-state index contributed by atoms with van der Waals surface area (Å²) in [5.41, 5.74) is 5.77. The van der Waals surface area contributed by atoms with E-state index >= 15 is 0 Å². The van der Waals surface area contributed by atoms with E-state index in [1.807, 2.05) is 87.4 Å². The second kappa shape index (κ2) is 10.9. The molecule has 6 nitrogen and oxygen atoms in total. The van der Waals surface area contributed by atoms with Gasteiger partial charge >= 0.3 is 0 Å². The van der Waals surface area contributed by atoms with Gasteiger partial charge in [-0.25, -0.2) is 4.99 Å². The molecule has 0 aliphatic carbocycles. The summed E-state index contributed by atoms with van der Waals surface area (Å²) in [4.78, 5) is 33.3. The van der Waals surface area contributed by atoms with E-state index in [0.29, 0.717) is 16.3 Å². The molecule has 4 rings (SSSR count). The SMILES string of the molecule is CC[C@@H](C)NC(=O)CC1=CSC2=NC(C)=C(C(=O)Nc3ccc(C)cc3C)[C@@H](c3ccc(Cl)cc3)N12.